The Morgan fingerprint density at radius 1 is 1.12 bits per heavy atom. The maximum absolute atomic E-state index is 12.3. The molecule has 1 unspecified atom stereocenters. The number of fused-ring (bicyclic) bond motifs is 1. The molecule has 0 saturated carbocycles. The van der Waals surface area contributed by atoms with Crippen LogP contribution >= 0.6 is 22.6 Å². The summed E-state index contributed by atoms with van der Waals surface area (Å²) in [6.45, 7) is 0. The third-order valence-electron chi connectivity index (χ3n) is 3.84. The van der Waals surface area contributed by atoms with Crippen molar-refractivity contribution in [3.63, 3.8) is 0 Å². The lowest BCUT2D eigenvalue weighted by Gasteiger charge is -2.22. The first kappa shape index (κ1) is 11.5. The van der Waals surface area contributed by atoms with Crippen LogP contribution in [0.15, 0.2) is 35.4 Å². The van der Waals surface area contributed by atoms with Crippen molar-refractivity contribution in [2.75, 3.05) is 0 Å². The molecule has 2 heteroatoms. The minimum atomic E-state index is 0.314. The Morgan fingerprint density at radius 2 is 1.88 bits per heavy atom. The molecule has 2 aliphatic rings. The van der Waals surface area contributed by atoms with E-state index in [4.69, 9.17) is 0 Å². The number of rotatable bonds is 0. The van der Waals surface area contributed by atoms with Crippen LogP contribution in [-0.2, 0) is 0 Å². The van der Waals surface area contributed by atoms with Gasteiger partial charge in [-0.1, -0.05) is 58.0 Å². The second-order valence-electron chi connectivity index (χ2n) is 4.89. The lowest BCUT2D eigenvalue weighted by molar-refractivity contribution is 0.0991. The van der Waals surface area contributed by atoms with Gasteiger partial charge in [-0.2, -0.15) is 0 Å². The van der Waals surface area contributed by atoms with Crippen LogP contribution in [0.3, 0.4) is 0 Å². The standard InChI is InChI=1S/C15H15IO/c16-15-11-6-2-1-5-10(11)9-14(17)12-7-3-4-8-13(12)15/h3-4,7-8,15H,1-2,5-6,9H2. The van der Waals surface area contributed by atoms with Crippen LogP contribution in [0.2, 0.25) is 0 Å². The SMILES string of the molecule is O=C1CC2=C(CCCC2)C(I)c2ccccc21. The van der Waals surface area contributed by atoms with Crippen LogP contribution < -0.4 is 0 Å². The first-order valence-corrected chi connectivity index (χ1v) is 7.49. The number of benzene rings is 1. The molecule has 0 aromatic heterocycles. The van der Waals surface area contributed by atoms with Crippen LogP contribution in [0, 0.1) is 0 Å². The van der Waals surface area contributed by atoms with E-state index in [-0.39, 0.29) is 0 Å². The Morgan fingerprint density at radius 3 is 2.76 bits per heavy atom. The van der Waals surface area contributed by atoms with Crippen molar-refractivity contribution in [2.24, 2.45) is 0 Å². The summed E-state index contributed by atoms with van der Waals surface area (Å²) in [6.07, 6.45) is 5.52. The molecular weight excluding hydrogens is 323 g/mol. The fourth-order valence-electron chi connectivity index (χ4n) is 2.95. The van der Waals surface area contributed by atoms with Gasteiger partial charge in [0, 0.05) is 12.0 Å². The van der Waals surface area contributed by atoms with Crippen molar-refractivity contribution in [3.8, 4) is 0 Å². The Hall–Kier alpha value is -0.640. The number of hydrogen-bond donors (Lipinski definition) is 0. The zero-order chi connectivity index (χ0) is 11.8. The number of halogens is 1. The molecule has 0 aliphatic heterocycles. The maximum atomic E-state index is 12.3. The van der Waals surface area contributed by atoms with Gasteiger partial charge in [0.25, 0.3) is 0 Å². The number of carbonyl (C=O) groups excluding carboxylic acids is 1. The molecule has 0 saturated heterocycles. The summed E-state index contributed by atoms with van der Waals surface area (Å²) in [4.78, 5) is 12.3. The summed E-state index contributed by atoms with van der Waals surface area (Å²) < 4.78 is 0.408. The molecule has 2 aliphatic carbocycles. The van der Waals surface area contributed by atoms with Gasteiger partial charge in [0.05, 0.1) is 3.92 Å². The van der Waals surface area contributed by atoms with Gasteiger partial charge in [0.2, 0.25) is 0 Å². The van der Waals surface area contributed by atoms with Gasteiger partial charge in [-0.3, -0.25) is 4.79 Å². The van der Waals surface area contributed by atoms with Gasteiger partial charge in [0.1, 0.15) is 0 Å². The Bertz CT molecular complexity index is 501. The topological polar surface area (TPSA) is 17.1 Å². The third-order valence-corrected chi connectivity index (χ3v) is 5.27. The molecule has 0 amide bonds. The van der Waals surface area contributed by atoms with E-state index in [9.17, 15) is 4.79 Å². The summed E-state index contributed by atoms with van der Waals surface area (Å²) >= 11 is 2.51. The van der Waals surface area contributed by atoms with E-state index in [0.717, 1.165) is 12.0 Å². The van der Waals surface area contributed by atoms with Gasteiger partial charge in [-0.05, 0) is 31.2 Å². The van der Waals surface area contributed by atoms with Crippen LogP contribution in [0.25, 0.3) is 0 Å². The molecule has 0 bridgehead atoms. The lowest BCUT2D eigenvalue weighted by Crippen LogP contribution is -2.03. The number of carbonyl (C=O) groups is 1. The van der Waals surface area contributed by atoms with E-state index in [1.54, 1.807) is 0 Å². The van der Waals surface area contributed by atoms with Crippen molar-refractivity contribution in [3.05, 3.63) is 46.5 Å². The molecule has 0 fully saturated rings. The zero-order valence-electron chi connectivity index (χ0n) is 9.71. The normalized spacial score (nSPS) is 24.1. The molecular formula is C15H15IO. The molecule has 3 rings (SSSR count). The van der Waals surface area contributed by atoms with Gasteiger partial charge in [0.15, 0.2) is 5.78 Å². The summed E-state index contributed by atoms with van der Waals surface area (Å²) in [7, 11) is 0. The first-order valence-electron chi connectivity index (χ1n) is 6.24. The van der Waals surface area contributed by atoms with Crippen molar-refractivity contribution < 1.29 is 4.79 Å². The average molecular weight is 338 g/mol. The number of allylic oxidation sites excluding steroid dienone is 2. The zero-order valence-corrected chi connectivity index (χ0v) is 11.9. The summed E-state index contributed by atoms with van der Waals surface area (Å²) in [6, 6.07) is 8.13. The van der Waals surface area contributed by atoms with Crippen molar-refractivity contribution in [2.45, 2.75) is 36.0 Å². The van der Waals surface area contributed by atoms with Crippen molar-refractivity contribution in [1.82, 2.24) is 0 Å². The molecule has 1 aromatic rings. The second-order valence-corrected chi connectivity index (χ2v) is 6.13. The summed E-state index contributed by atoms with van der Waals surface area (Å²) in [5.74, 6) is 0.314. The van der Waals surface area contributed by atoms with Crippen LogP contribution in [0.5, 0.6) is 0 Å². The molecule has 0 radical (unpaired) electrons. The molecule has 1 aromatic carbocycles. The van der Waals surface area contributed by atoms with Crippen LogP contribution in [0.4, 0.5) is 0 Å². The highest BCUT2D eigenvalue weighted by Crippen LogP contribution is 2.44. The smallest absolute Gasteiger partial charge is 0.167 e. The molecule has 0 heterocycles. The number of ketones is 1. The fourth-order valence-corrected chi connectivity index (χ4v) is 4.24. The highest BCUT2D eigenvalue weighted by Gasteiger charge is 2.28. The van der Waals surface area contributed by atoms with Gasteiger partial charge in [-0.25, -0.2) is 0 Å². The van der Waals surface area contributed by atoms with Crippen LogP contribution in [-0.4, -0.2) is 5.78 Å². The molecule has 0 N–H and O–H groups in total. The van der Waals surface area contributed by atoms with Crippen LogP contribution in [0.1, 0.15) is 52.0 Å². The summed E-state index contributed by atoms with van der Waals surface area (Å²) in [5, 5.41) is 0. The monoisotopic (exact) mass is 338 g/mol. The summed E-state index contributed by atoms with van der Waals surface area (Å²) in [5.41, 5.74) is 5.14. The Balaban J connectivity index is 2.14. The molecule has 1 nitrogen and oxygen atoms in total. The molecule has 1 atom stereocenters. The Kier molecular flexibility index (Phi) is 3.07. The first-order chi connectivity index (χ1) is 8.27. The highest BCUT2D eigenvalue weighted by molar-refractivity contribution is 14.1. The quantitative estimate of drug-likeness (QED) is 0.383. The number of Topliss-reactive ketones (excluding diaryl/α,β-unsaturated/α-hetero) is 1. The van der Waals surface area contributed by atoms with Gasteiger partial charge >= 0.3 is 0 Å². The van der Waals surface area contributed by atoms with Crippen molar-refractivity contribution in [1.29, 1.82) is 0 Å². The number of alkyl halides is 1. The second kappa shape index (κ2) is 4.56. The van der Waals surface area contributed by atoms with E-state index in [0.29, 0.717) is 16.1 Å². The maximum Gasteiger partial charge on any atom is 0.167 e. The number of hydrogen-bond acceptors (Lipinski definition) is 1. The Labute approximate surface area is 115 Å². The van der Waals surface area contributed by atoms with E-state index < -0.39 is 0 Å². The predicted molar refractivity (Wildman–Crippen MR) is 77.6 cm³/mol. The molecule has 0 spiro atoms. The third kappa shape index (κ3) is 1.96. The predicted octanol–water partition coefficient (Wildman–Crippen LogP) is 4.62. The molecule has 88 valence electrons. The minimum Gasteiger partial charge on any atom is -0.294 e. The van der Waals surface area contributed by atoms with E-state index in [1.165, 1.54) is 36.0 Å². The van der Waals surface area contributed by atoms with Gasteiger partial charge < -0.3 is 0 Å². The lowest BCUT2D eigenvalue weighted by atomic mass is 9.88. The van der Waals surface area contributed by atoms with E-state index in [1.807, 2.05) is 18.2 Å². The van der Waals surface area contributed by atoms with E-state index in [2.05, 4.69) is 28.7 Å². The molecule has 17 heavy (non-hydrogen) atoms. The minimum absolute atomic E-state index is 0.314. The van der Waals surface area contributed by atoms with E-state index >= 15 is 0 Å². The average Bonchev–Trinajstić information content (AvgIpc) is 2.48. The van der Waals surface area contributed by atoms with Gasteiger partial charge in [-0.15, -0.1) is 0 Å². The van der Waals surface area contributed by atoms with Crippen molar-refractivity contribution >= 4 is 28.4 Å². The largest absolute Gasteiger partial charge is 0.294 e. The highest BCUT2D eigenvalue weighted by atomic mass is 127. The fraction of sp³-hybridized carbons (Fsp3) is 0.400.